The normalized spacial score (nSPS) is 13.0. The molecule has 8 heteroatoms. The largest absolute Gasteiger partial charge is 0.623 e. The quantitative estimate of drug-likeness (QED) is 0.394. The van der Waals surface area contributed by atoms with Crippen molar-refractivity contribution in [3.05, 3.63) is 81.5 Å². The van der Waals surface area contributed by atoms with Gasteiger partial charge in [-0.15, -0.1) is 10.2 Å². The van der Waals surface area contributed by atoms with Gasteiger partial charge in [0.15, 0.2) is 0 Å². The van der Waals surface area contributed by atoms with Crippen molar-refractivity contribution in [3.8, 4) is 5.69 Å². The summed E-state index contributed by atoms with van der Waals surface area (Å²) in [7, 11) is 1.27. The molecule has 0 N–H and O–H groups in total. The summed E-state index contributed by atoms with van der Waals surface area (Å²) < 4.78 is 7.16. The molecule has 0 amide bonds. The lowest BCUT2D eigenvalue weighted by molar-refractivity contribution is -0.475. The second-order valence-corrected chi connectivity index (χ2v) is 6.12. The Bertz CT molecular complexity index is 1040. The molecule has 7 nitrogen and oxygen atoms in total. The van der Waals surface area contributed by atoms with Crippen LogP contribution in [-0.2, 0) is 11.3 Å². The smallest absolute Gasteiger partial charge is 0.376 e. The van der Waals surface area contributed by atoms with E-state index in [0.717, 1.165) is 10.3 Å². The van der Waals surface area contributed by atoms with E-state index in [4.69, 9.17) is 16.3 Å². The van der Waals surface area contributed by atoms with Crippen molar-refractivity contribution in [3.63, 3.8) is 0 Å². The molecule has 1 aromatic heterocycles. The summed E-state index contributed by atoms with van der Waals surface area (Å²) in [6.07, 6.45) is 0. The molecular formula is C18H13ClN4O3. The van der Waals surface area contributed by atoms with Gasteiger partial charge in [-0.1, -0.05) is 29.8 Å². The highest BCUT2D eigenvalue weighted by molar-refractivity contribution is 6.31. The van der Waals surface area contributed by atoms with Crippen LogP contribution in [0.4, 0.5) is 0 Å². The first-order chi connectivity index (χ1) is 12.6. The highest BCUT2D eigenvalue weighted by Crippen LogP contribution is 2.28. The average molecular weight is 369 g/mol. The standard InChI is InChI=1S/C18H13ClN4O3/c1-26-18(24)17-21-20-15-10-22(25)16(11-5-3-2-4-6-11)13-9-12(19)7-8-14(13)23(15)17/h2-9H,10H2,1H3. The second-order valence-electron chi connectivity index (χ2n) is 5.68. The summed E-state index contributed by atoms with van der Waals surface area (Å²) in [5, 5.41) is 21.3. The van der Waals surface area contributed by atoms with Gasteiger partial charge in [-0.3, -0.25) is 4.57 Å². The summed E-state index contributed by atoms with van der Waals surface area (Å²) in [5.41, 5.74) is 2.36. The molecule has 4 rings (SSSR count). The Morgan fingerprint density at radius 3 is 2.73 bits per heavy atom. The van der Waals surface area contributed by atoms with Gasteiger partial charge >= 0.3 is 5.97 Å². The van der Waals surface area contributed by atoms with Crippen LogP contribution in [-0.4, -0.2) is 38.3 Å². The average Bonchev–Trinajstić information content (AvgIpc) is 3.01. The number of hydrogen-bond acceptors (Lipinski definition) is 5. The third-order valence-electron chi connectivity index (χ3n) is 4.13. The lowest BCUT2D eigenvalue weighted by Gasteiger charge is -2.12. The minimum atomic E-state index is -0.634. The molecule has 0 unspecified atom stereocenters. The van der Waals surface area contributed by atoms with Gasteiger partial charge in [0.25, 0.3) is 0 Å². The van der Waals surface area contributed by atoms with E-state index >= 15 is 0 Å². The Morgan fingerprint density at radius 1 is 1.23 bits per heavy atom. The van der Waals surface area contributed by atoms with Crippen molar-refractivity contribution < 1.29 is 14.3 Å². The molecule has 0 bridgehead atoms. The highest BCUT2D eigenvalue weighted by atomic mass is 35.5. The second kappa shape index (κ2) is 6.27. The van der Waals surface area contributed by atoms with E-state index in [1.54, 1.807) is 22.8 Å². The molecule has 26 heavy (non-hydrogen) atoms. The van der Waals surface area contributed by atoms with Gasteiger partial charge in [-0.25, -0.2) is 4.79 Å². The molecule has 1 aliphatic rings. The Balaban J connectivity index is 2.04. The number of hydrogen-bond donors (Lipinski definition) is 0. The van der Waals surface area contributed by atoms with Crippen molar-refractivity contribution in [1.82, 2.24) is 14.8 Å². The van der Waals surface area contributed by atoms with Crippen LogP contribution in [0, 0.1) is 5.21 Å². The molecule has 1 aliphatic heterocycles. The molecule has 0 aliphatic carbocycles. The molecule has 130 valence electrons. The predicted octanol–water partition coefficient (Wildman–Crippen LogP) is 2.57. The molecule has 2 heterocycles. The topological polar surface area (TPSA) is 83.1 Å². The summed E-state index contributed by atoms with van der Waals surface area (Å²) >= 11 is 6.20. The number of hydroxylamine groups is 1. The number of nitrogens with zero attached hydrogens (tertiary/aromatic N) is 4. The van der Waals surface area contributed by atoms with Crippen molar-refractivity contribution in [2.45, 2.75) is 6.54 Å². The molecule has 0 saturated heterocycles. The molecule has 2 aromatic carbocycles. The number of aromatic nitrogens is 3. The van der Waals surface area contributed by atoms with Crippen LogP contribution in [0.25, 0.3) is 5.69 Å². The number of carbonyl (C=O) groups is 1. The Hall–Kier alpha value is -3.19. The van der Waals surface area contributed by atoms with Gasteiger partial charge in [0.05, 0.1) is 18.4 Å². The monoisotopic (exact) mass is 368 g/mol. The van der Waals surface area contributed by atoms with Crippen LogP contribution < -0.4 is 0 Å². The number of halogens is 1. The summed E-state index contributed by atoms with van der Waals surface area (Å²) in [4.78, 5) is 12.1. The van der Waals surface area contributed by atoms with Crippen LogP contribution in [0.15, 0.2) is 48.5 Å². The fourth-order valence-electron chi connectivity index (χ4n) is 3.03. The molecule has 0 radical (unpaired) electrons. The maximum Gasteiger partial charge on any atom is 0.376 e. The van der Waals surface area contributed by atoms with Gasteiger partial charge in [0.1, 0.15) is 0 Å². The fourth-order valence-corrected chi connectivity index (χ4v) is 3.20. The molecule has 0 fully saturated rings. The van der Waals surface area contributed by atoms with Crippen molar-refractivity contribution in [2.75, 3.05) is 7.11 Å². The maximum atomic E-state index is 12.9. The van der Waals surface area contributed by atoms with E-state index in [9.17, 15) is 10.0 Å². The number of rotatable bonds is 2. The molecule has 0 saturated carbocycles. The SMILES string of the molecule is COC(=O)c1nnc2n1-c1ccc(Cl)cc1C(c1ccccc1)=[N+]([O-])C2. The predicted molar refractivity (Wildman–Crippen MR) is 94.7 cm³/mol. The van der Waals surface area contributed by atoms with Crippen molar-refractivity contribution >= 4 is 23.3 Å². The molecule has 3 aromatic rings. The molecule has 0 spiro atoms. The Morgan fingerprint density at radius 2 is 2.00 bits per heavy atom. The first-order valence-electron chi connectivity index (χ1n) is 7.80. The number of benzene rings is 2. The number of ether oxygens (including phenoxy) is 1. The third kappa shape index (κ3) is 2.53. The fraction of sp³-hybridized carbons (Fsp3) is 0.111. The summed E-state index contributed by atoms with van der Waals surface area (Å²) in [5.74, 6) is -0.283. The zero-order valence-corrected chi connectivity index (χ0v) is 14.5. The van der Waals surface area contributed by atoms with E-state index in [1.807, 2.05) is 30.3 Å². The van der Waals surface area contributed by atoms with Crippen LogP contribution in [0.2, 0.25) is 5.02 Å². The van der Waals surface area contributed by atoms with Crippen molar-refractivity contribution in [2.24, 2.45) is 0 Å². The minimum Gasteiger partial charge on any atom is -0.623 e. The van der Waals surface area contributed by atoms with E-state index in [1.165, 1.54) is 7.11 Å². The number of fused-ring (bicyclic) bond motifs is 3. The first-order valence-corrected chi connectivity index (χ1v) is 8.18. The van der Waals surface area contributed by atoms with E-state index < -0.39 is 5.97 Å². The van der Waals surface area contributed by atoms with Crippen LogP contribution in [0.5, 0.6) is 0 Å². The van der Waals surface area contributed by atoms with Crippen molar-refractivity contribution in [1.29, 1.82) is 0 Å². The van der Waals surface area contributed by atoms with Gasteiger partial charge in [-0.05, 0) is 30.3 Å². The van der Waals surface area contributed by atoms with Gasteiger partial charge in [-0.2, -0.15) is 4.74 Å². The first kappa shape index (κ1) is 16.3. The zero-order chi connectivity index (χ0) is 18.3. The van der Waals surface area contributed by atoms with E-state index in [0.29, 0.717) is 27.8 Å². The molecular weight excluding hydrogens is 356 g/mol. The minimum absolute atomic E-state index is 0.00813. The third-order valence-corrected chi connectivity index (χ3v) is 4.37. The number of methoxy groups -OCH3 is 1. The maximum absolute atomic E-state index is 12.9. The van der Waals surface area contributed by atoms with Crippen LogP contribution in [0.3, 0.4) is 0 Å². The Kier molecular flexibility index (Phi) is 3.93. The van der Waals surface area contributed by atoms with Gasteiger partial charge < -0.3 is 9.94 Å². The summed E-state index contributed by atoms with van der Waals surface area (Å²) in [6.45, 7) is -0.0689. The zero-order valence-electron chi connectivity index (χ0n) is 13.7. The number of carbonyl (C=O) groups excluding carboxylic acids is 1. The van der Waals surface area contributed by atoms with Crippen LogP contribution >= 0.6 is 11.6 Å². The van der Waals surface area contributed by atoms with E-state index in [-0.39, 0.29) is 12.4 Å². The highest BCUT2D eigenvalue weighted by Gasteiger charge is 2.31. The molecule has 0 atom stereocenters. The van der Waals surface area contributed by atoms with Gasteiger partial charge in [0.2, 0.25) is 23.9 Å². The summed E-state index contributed by atoms with van der Waals surface area (Å²) in [6, 6.07) is 14.4. The number of esters is 1. The lowest BCUT2D eigenvalue weighted by Crippen LogP contribution is -2.17. The lowest BCUT2D eigenvalue weighted by atomic mass is 10.0. The van der Waals surface area contributed by atoms with Gasteiger partial charge in [0, 0.05) is 10.6 Å². The van der Waals surface area contributed by atoms with Crippen LogP contribution in [0.1, 0.15) is 27.6 Å². The Labute approximate surface area is 153 Å². The van der Waals surface area contributed by atoms with E-state index in [2.05, 4.69) is 10.2 Å².